The molecule has 0 saturated carbocycles. The molecule has 7 heteroatoms. The Morgan fingerprint density at radius 1 is 1.71 bits per heavy atom. The quantitative estimate of drug-likeness (QED) is 0.863. The lowest BCUT2D eigenvalue weighted by Gasteiger charge is -2.00. The van der Waals surface area contributed by atoms with Crippen molar-refractivity contribution in [3.63, 3.8) is 0 Å². The maximum atomic E-state index is 11.1. The van der Waals surface area contributed by atoms with Crippen LogP contribution in [0.3, 0.4) is 0 Å². The molecule has 0 aliphatic carbocycles. The summed E-state index contributed by atoms with van der Waals surface area (Å²) >= 11 is 6.88. The molecule has 1 aromatic heterocycles. The Hall–Kier alpha value is -0.360. The molecule has 0 radical (unpaired) electrons. The van der Waals surface area contributed by atoms with Gasteiger partial charge in [-0.1, -0.05) is 29.9 Å². The molecule has 80 valence electrons. The van der Waals surface area contributed by atoms with Crippen molar-refractivity contribution in [3.05, 3.63) is 10.5 Å². The molecular formula is C7H11Cl2N3OS. The number of nitrogens with zero attached hydrogens (tertiary/aromatic N) is 1. The molecule has 2 N–H and O–H groups in total. The third-order valence-corrected chi connectivity index (χ3v) is 2.29. The molecule has 1 rings (SSSR count). The van der Waals surface area contributed by atoms with Gasteiger partial charge >= 0.3 is 0 Å². The van der Waals surface area contributed by atoms with Crippen LogP contribution in [0, 0.1) is 0 Å². The number of rotatable bonds is 4. The first-order valence-electron chi connectivity index (χ1n) is 3.84. The Morgan fingerprint density at radius 2 is 2.43 bits per heavy atom. The number of likely N-dealkylation sites (N-methyl/N-ethyl adjacent to an activating group) is 1. The molecule has 0 aliphatic rings. The van der Waals surface area contributed by atoms with Crippen LogP contribution in [0.5, 0.6) is 0 Å². The van der Waals surface area contributed by atoms with E-state index in [0.717, 1.165) is 6.54 Å². The fourth-order valence-electron chi connectivity index (χ4n) is 0.714. The van der Waals surface area contributed by atoms with Crippen LogP contribution in [0.2, 0.25) is 4.34 Å². The summed E-state index contributed by atoms with van der Waals surface area (Å²) < 4.78 is 0.568. The largest absolute Gasteiger partial charge is 0.309 e. The van der Waals surface area contributed by atoms with E-state index >= 15 is 0 Å². The minimum atomic E-state index is -0.104. The highest BCUT2D eigenvalue weighted by atomic mass is 35.5. The molecule has 0 bridgehead atoms. The van der Waals surface area contributed by atoms with E-state index in [4.69, 9.17) is 11.6 Å². The van der Waals surface area contributed by atoms with Gasteiger partial charge in [0.1, 0.15) is 4.34 Å². The van der Waals surface area contributed by atoms with E-state index in [1.54, 1.807) is 0 Å². The summed E-state index contributed by atoms with van der Waals surface area (Å²) in [7, 11) is 0. The molecule has 0 fully saturated rings. The minimum absolute atomic E-state index is 0. The van der Waals surface area contributed by atoms with E-state index in [1.165, 1.54) is 17.5 Å². The van der Waals surface area contributed by atoms with E-state index < -0.39 is 0 Å². The number of hydrogen-bond donors (Lipinski definition) is 2. The van der Waals surface area contributed by atoms with Crippen LogP contribution >= 0.6 is 35.3 Å². The molecule has 1 aromatic rings. The Morgan fingerprint density at radius 3 is 2.93 bits per heavy atom. The Labute approximate surface area is 97.5 Å². The number of nitrogens with one attached hydrogen (secondary N) is 2. The zero-order valence-electron chi connectivity index (χ0n) is 7.54. The van der Waals surface area contributed by atoms with Crippen molar-refractivity contribution in [1.29, 1.82) is 0 Å². The minimum Gasteiger partial charge on any atom is -0.309 e. The first-order valence-corrected chi connectivity index (χ1v) is 5.03. The van der Waals surface area contributed by atoms with Crippen molar-refractivity contribution >= 4 is 46.4 Å². The number of hydrogen-bond acceptors (Lipinski definition) is 4. The molecule has 1 heterocycles. The third-order valence-electron chi connectivity index (χ3n) is 1.26. The number of carbonyl (C=O) groups is 1. The smallest absolute Gasteiger partial charge is 0.240 e. The molecule has 0 atom stereocenters. The highest BCUT2D eigenvalue weighted by molar-refractivity contribution is 7.19. The van der Waals surface area contributed by atoms with Crippen molar-refractivity contribution in [2.24, 2.45) is 0 Å². The molecule has 0 unspecified atom stereocenters. The Kier molecular flexibility index (Phi) is 6.82. The van der Waals surface area contributed by atoms with Crippen molar-refractivity contribution in [3.8, 4) is 0 Å². The van der Waals surface area contributed by atoms with Gasteiger partial charge in [0.15, 0.2) is 5.13 Å². The average Bonchev–Trinajstić information content (AvgIpc) is 2.48. The summed E-state index contributed by atoms with van der Waals surface area (Å²) in [6.07, 6.45) is 1.51. The second-order valence-electron chi connectivity index (χ2n) is 2.30. The van der Waals surface area contributed by atoms with E-state index in [0.29, 0.717) is 16.0 Å². The van der Waals surface area contributed by atoms with Gasteiger partial charge < -0.3 is 10.6 Å². The maximum Gasteiger partial charge on any atom is 0.240 e. The van der Waals surface area contributed by atoms with Crippen molar-refractivity contribution in [1.82, 2.24) is 10.3 Å². The molecule has 0 aliphatic heterocycles. The lowest BCUT2D eigenvalue weighted by Crippen LogP contribution is -2.27. The van der Waals surface area contributed by atoms with Gasteiger partial charge in [-0.3, -0.25) is 4.79 Å². The van der Waals surface area contributed by atoms with Crippen LogP contribution in [0.25, 0.3) is 0 Å². The molecule has 0 aromatic carbocycles. The second kappa shape index (κ2) is 7.00. The second-order valence-corrected chi connectivity index (χ2v) is 3.96. The molecule has 0 saturated heterocycles. The van der Waals surface area contributed by atoms with Crippen molar-refractivity contribution in [2.75, 3.05) is 18.4 Å². The number of anilines is 1. The fourth-order valence-corrected chi connectivity index (χ4v) is 1.54. The summed E-state index contributed by atoms with van der Waals surface area (Å²) in [5.74, 6) is -0.104. The molecule has 1 amide bonds. The zero-order chi connectivity index (χ0) is 9.68. The summed E-state index contributed by atoms with van der Waals surface area (Å²) in [5.41, 5.74) is 0. The lowest BCUT2D eigenvalue weighted by atomic mass is 10.5. The van der Waals surface area contributed by atoms with Gasteiger partial charge in [-0.05, 0) is 6.54 Å². The van der Waals surface area contributed by atoms with E-state index in [1.807, 2.05) is 6.92 Å². The van der Waals surface area contributed by atoms with E-state index in [9.17, 15) is 4.79 Å². The topological polar surface area (TPSA) is 54.0 Å². The first kappa shape index (κ1) is 13.6. The lowest BCUT2D eigenvalue weighted by molar-refractivity contribution is -0.115. The van der Waals surface area contributed by atoms with Crippen LogP contribution in [0.1, 0.15) is 6.92 Å². The third kappa shape index (κ3) is 4.76. The zero-order valence-corrected chi connectivity index (χ0v) is 9.93. The number of aromatic nitrogens is 1. The van der Waals surface area contributed by atoms with Gasteiger partial charge in [-0.2, -0.15) is 0 Å². The van der Waals surface area contributed by atoms with Gasteiger partial charge in [0.25, 0.3) is 0 Å². The van der Waals surface area contributed by atoms with Crippen LogP contribution in [-0.4, -0.2) is 24.0 Å². The van der Waals surface area contributed by atoms with E-state index in [-0.39, 0.29) is 18.3 Å². The first-order chi connectivity index (χ1) is 6.22. The average molecular weight is 256 g/mol. The highest BCUT2D eigenvalue weighted by Gasteiger charge is 2.04. The van der Waals surface area contributed by atoms with Crippen molar-refractivity contribution in [2.45, 2.75) is 6.92 Å². The number of carbonyl (C=O) groups excluding carboxylic acids is 1. The molecule has 0 spiro atoms. The molecule has 4 nitrogen and oxygen atoms in total. The molecule has 14 heavy (non-hydrogen) atoms. The van der Waals surface area contributed by atoms with Crippen molar-refractivity contribution < 1.29 is 4.79 Å². The van der Waals surface area contributed by atoms with E-state index in [2.05, 4.69) is 15.6 Å². The predicted octanol–water partition coefficient (Wildman–Crippen LogP) is 1.77. The van der Waals surface area contributed by atoms with Gasteiger partial charge in [0.05, 0.1) is 12.7 Å². The fraction of sp³-hybridized carbons (Fsp3) is 0.429. The van der Waals surface area contributed by atoms with Crippen LogP contribution in [0.15, 0.2) is 6.20 Å². The summed E-state index contributed by atoms with van der Waals surface area (Å²) in [5, 5.41) is 6.06. The Bertz CT molecular complexity index is 292. The Balaban J connectivity index is 0.00000169. The summed E-state index contributed by atoms with van der Waals surface area (Å²) in [6.45, 7) is 3.01. The number of thiazole rings is 1. The SMILES string of the molecule is CCNCC(=O)Nc1ncc(Cl)s1.Cl. The monoisotopic (exact) mass is 255 g/mol. The summed E-state index contributed by atoms with van der Waals surface area (Å²) in [6, 6.07) is 0. The van der Waals surface area contributed by atoms with Gasteiger partial charge in [0.2, 0.25) is 5.91 Å². The van der Waals surface area contributed by atoms with Gasteiger partial charge in [0, 0.05) is 0 Å². The summed E-state index contributed by atoms with van der Waals surface area (Å²) in [4.78, 5) is 15.0. The number of amides is 1. The van der Waals surface area contributed by atoms with Crippen LogP contribution in [0.4, 0.5) is 5.13 Å². The van der Waals surface area contributed by atoms with Crippen LogP contribution < -0.4 is 10.6 Å². The highest BCUT2D eigenvalue weighted by Crippen LogP contribution is 2.22. The predicted molar refractivity (Wildman–Crippen MR) is 61.5 cm³/mol. The van der Waals surface area contributed by atoms with Gasteiger partial charge in [-0.15, -0.1) is 12.4 Å². The number of halogens is 2. The molecular weight excluding hydrogens is 245 g/mol. The van der Waals surface area contributed by atoms with Crippen LogP contribution in [-0.2, 0) is 4.79 Å². The van der Waals surface area contributed by atoms with Gasteiger partial charge in [-0.25, -0.2) is 4.98 Å². The normalized spacial score (nSPS) is 9.29. The standard InChI is InChI=1S/C7H10ClN3OS.ClH/c1-2-9-4-6(12)11-7-10-3-5(8)13-7;/h3,9H,2,4H2,1H3,(H,10,11,12);1H. The maximum absolute atomic E-state index is 11.1.